The Morgan fingerprint density at radius 3 is 2.64 bits per heavy atom. The molecule has 1 aliphatic heterocycles. The van der Waals surface area contributed by atoms with Gasteiger partial charge in [-0.25, -0.2) is 0 Å². The van der Waals surface area contributed by atoms with Crippen LogP contribution in [0.25, 0.3) is 0 Å². The lowest BCUT2D eigenvalue weighted by Gasteiger charge is -2.43. The third kappa shape index (κ3) is 1.40. The van der Waals surface area contributed by atoms with Crippen molar-refractivity contribution >= 4 is 0 Å². The molecule has 1 N–H and O–H groups in total. The summed E-state index contributed by atoms with van der Waals surface area (Å²) in [6.07, 6.45) is 5.27. The minimum absolute atomic E-state index is 0.000231. The maximum absolute atomic E-state index is 10.1. The number of nitrogens with zero attached hydrogens (tertiary/aromatic N) is 1. The molecule has 0 spiro atoms. The lowest BCUT2D eigenvalue weighted by atomic mass is 9.63. The second-order valence-corrected chi connectivity index (χ2v) is 5.89. The lowest BCUT2D eigenvalue weighted by Crippen LogP contribution is -2.42. The van der Waals surface area contributed by atoms with Crippen molar-refractivity contribution in [1.82, 2.24) is 4.90 Å². The number of aliphatic hydroxyl groups is 1. The van der Waals surface area contributed by atoms with E-state index in [9.17, 15) is 5.11 Å². The van der Waals surface area contributed by atoms with Crippen molar-refractivity contribution in [3.05, 3.63) is 0 Å². The normalized spacial score (nSPS) is 53.1. The average Bonchev–Trinajstić information content (AvgIpc) is 2.18. The fraction of sp³-hybridized carbons (Fsp3) is 1.00. The molecule has 2 aliphatic carbocycles. The van der Waals surface area contributed by atoms with Crippen LogP contribution < -0.4 is 0 Å². The Morgan fingerprint density at radius 2 is 1.79 bits per heavy atom. The topological polar surface area (TPSA) is 23.5 Å². The van der Waals surface area contributed by atoms with Gasteiger partial charge in [-0.15, -0.1) is 0 Å². The van der Waals surface area contributed by atoms with Crippen molar-refractivity contribution in [3.8, 4) is 0 Å². The number of hydrogen-bond acceptors (Lipinski definition) is 2. The molecule has 3 rings (SSSR count). The van der Waals surface area contributed by atoms with Gasteiger partial charge in [0, 0.05) is 19.0 Å². The second kappa shape index (κ2) is 3.21. The maximum Gasteiger partial charge on any atom is 0.0585 e. The minimum atomic E-state index is 0.000231. The standard InChI is InChI=1S/C12H21NO/c1-13-6-9-2-8-3-10(4-9)11(7-13)12(14)5-8/h8-12,14H,2-7H2,1H3. The molecule has 0 aromatic heterocycles. The summed E-state index contributed by atoms with van der Waals surface area (Å²) >= 11 is 0. The van der Waals surface area contributed by atoms with Crippen molar-refractivity contribution in [2.24, 2.45) is 23.7 Å². The van der Waals surface area contributed by atoms with E-state index in [4.69, 9.17) is 0 Å². The van der Waals surface area contributed by atoms with Crippen LogP contribution in [0.4, 0.5) is 0 Å². The summed E-state index contributed by atoms with van der Waals surface area (Å²) in [4.78, 5) is 2.45. The molecule has 5 atom stereocenters. The molecule has 2 heteroatoms. The highest BCUT2D eigenvalue weighted by atomic mass is 16.3. The van der Waals surface area contributed by atoms with E-state index in [2.05, 4.69) is 11.9 Å². The molecular weight excluding hydrogens is 174 g/mol. The second-order valence-electron chi connectivity index (χ2n) is 5.89. The lowest BCUT2D eigenvalue weighted by molar-refractivity contribution is -0.0190. The van der Waals surface area contributed by atoms with Crippen molar-refractivity contribution < 1.29 is 5.11 Å². The number of likely N-dealkylation sites (tertiary alicyclic amines) is 1. The first-order chi connectivity index (χ1) is 6.72. The Kier molecular flexibility index (Phi) is 2.10. The van der Waals surface area contributed by atoms with Crippen molar-refractivity contribution in [2.45, 2.75) is 31.8 Å². The van der Waals surface area contributed by atoms with E-state index in [1.54, 1.807) is 0 Å². The summed E-state index contributed by atoms with van der Waals surface area (Å²) in [6, 6.07) is 0. The highest BCUT2D eigenvalue weighted by molar-refractivity contribution is 4.95. The van der Waals surface area contributed by atoms with Crippen LogP contribution in [0.15, 0.2) is 0 Å². The van der Waals surface area contributed by atoms with E-state index < -0.39 is 0 Å². The van der Waals surface area contributed by atoms with Gasteiger partial charge in [0.25, 0.3) is 0 Å². The van der Waals surface area contributed by atoms with E-state index in [1.807, 2.05) is 0 Å². The highest BCUT2D eigenvalue weighted by Gasteiger charge is 2.44. The molecule has 0 aromatic carbocycles. The smallest absolute Gasteiger partial charge is 0.0585 e. The summed E-state index contributed by atoms with van der Waals surface area (Å²) in [5.41, 5.74) is 0. The van der Waals surface area contributed by atoms with E-state index in [0.717, 1.165) is 30.7 Å². The summed E-state index contributed by atoms with van der Waals surface area (Å²) in [5, 5.41) is 10.1. The van der Waals surface area contributed by atoms with Gasteiger partial charge in [0.2, 0.25) is 0 Å². The van der Waals surface area contributed by atoms with Crippen LogP contribution in [0.1, 0.15) is 25.7 Å². The van der Waals surface area contributed by atoms with Gasteiger partial charge in [0.1, 0.15) is 0 Å². The van der Waals surface area contributed by atoms with Gasteiger partial charge in [-0.1, -0.05) is 0 Å². The minimum Gasteiger partial charge on any atom is -0.393 e. The van der Waals surface area contributed by atoms with Gasteiger partial charge >= 0.3 is 0 Å². The van der Waals surface area contributed by atoms with Crippen LogP contribution in [-0.4, -0.2) is 36.2 Å². The highest BCUT2D eigenvalue weighted by Crippen LogP contribution is 2.47. The number of hydrogen-bond donors (Lipinski definition) is 1. The fourth-order valence-corrected chi connectivity index (χ4v) is 4.28. The molecule has 1 heterocycles. The predicted octanol–water partition coefficient (Wildman–Crippen LogP) is 1.35. The third-order valence-electron chi connectivity index (χ3n) is 4.71. The van der Waals surface area contributed by atoms with Crippen LogP contribution in [0.5, 0.6) is 0 Å². The van der Waals surface area contributed by atoms with Gasteiger partial charge in [0.15, 0.2) is 0 Å². The molecule has 3 bridgehead atoms. The SMILES string of the molecule is CN1CC2CC3CC(O)C(C1)C(C3)C2. The van der Waals surface area contributed by atoms with Crippen molar-refractivity contribution in [3.63, 3.8) is 0 Å². The molecule has 0 aromatic rings. The molecule has 2 saturated carbocycles. The molecule has 0 radical (unpaired) electrons. The Morgan fingerprint density at radius 1 is 1.00 bits per heavy atom. The Balaban J connectivity index is 1.89. The Bertz CT molecular complexity index is 228. The van der Waals surface area contributed by atoms with Gasteiger partial charge in [-0.3, -0.25) is 0 Å². The molecule has 3 fully saturated rings. The number of rotatable bonds is 0. The van der Waals surface area contributed by atoms with E-state index in [1.165, 1.54) is 25.8 Å². The largest absolute Gasteiger partial charge is 0.393 e. The molecule has 2 nitrogen and oxygen atoms in total. The molecule has 0 amide bonds. The molecule has 14 heavy (non-hydrogen) atoms. The summed E-state index contributed by atoms with van der Waals surface area (Å²) in [7, 11) is 2.22. The van der Waals surface area contributed by atoms with Gasteiger partial charge < -0.3 is 10.0 Å². The van der Waals surface area contributed by atoms with Gasteiger partial charge in [-0.2, -0.15) is 0 Å². The van der Waals surface area contributed by atoms with Gasteiger partial charge in [-0.05, 0) is 50.5 Å². The first-order valence-corrected chi connectivity index (χ1v) is 6.09. The van der Waals surface area contributed by atoms with E-state index >= 15 is 0 Å². The van der Waals surface area contributed by atoms with Gasteiger partial charge in [0.05, 0.1) is 6.10 Å². The zero-order valence-electron chi connectivity index (χ0n) is 9.02. The zero-order chi connectivity index (χ0) is 9.71. The van der Waals surface area contributed by atoms with Crippen molar-refractivity contribution in [1.29, 1.82) is 0 Å². The Hall–Kier alpha value is -0.0800. The van der Waals surface area contributed by atoms with Crippen molar-refractivity contribution in [2.75, 3.05) is 20.1 Å². The van der Waals surface area contributed by atoms with E-state index in [-0.39, 0.29) is 6.10 Å². The quantitative estimate of drug-likeness (QED) is 0.630. The summed E-state index contributed by atoms with van der Waals surface area (Å²) < 4.78 is 0. The number of fused-ring (bicyclic) bond motifs is 2. The molecule has 5 unspecified atom stereocenters. The average molecular weight is 195 g/mol. The fourth-order valence-electron chi connectivity index (χ4n) is 4.28. The summed E-state index contributed by atoms with van der Waals surface area (Å²) in [5.74, 6) is 3.20. The molecule has 80 valence electrons. The maximum atomic E-state index is 10.1. The molecular formula is C12H21NO. The molecule has 3 aliphatic rings. The van der Waals surface area contributed by atoms with Crippen LogP contribution in [0, 0.1) is 23.7 Å². The van der Waals surface area contributed by atoms with E-state index in [0.29, 0.717) is 5.92 Å². The zero-order valence-corrected chi connectivity index (χ0v) is 9.02. The van der Waals surface area contributed by atoms with Crippen LogP contribution in [-0.2, 0) is 0 Å². The van der Waals surface area contributed by atoms with Crippen LogP contribution >= 0.6 is 0 Å². The first kappa shape index (κ1) is 9.17. The van der Waals surface area contributed by atoms with Crippen LogP contribution in [0.3, 0.4) is 0 Å². The summed E-state index contributed by atoms with van der Waals surface area (Å²) in [6.45, 7) is 2.41. The predicted molar refractivity (Wildman–Crippen MR) is 55.9 cm³/mol. The first-order valence-electron chi connectivity index (χ1n) is 6.09. The Labute approximate surface area is 86.3 Å². The third-order valence-corrected chi connectivity index (χ3v) is 4.71. The monoisotopic (exact) mass is 195 g/mol. The number of aliphatic hydroxyl groups excluding tert-OH is 1. The van der Waals surface area contributed by atoms with Crippen LogP contribution in [0.2, 0.25) is 0 Å². The molecule has 1 saturated heterocycles.